The van der Waals surface area contributed by atoms with Crippen LogP contribution in [-0.4, -0.2) is 15.5 Å². The monoisotopic (exact) mass is 225 g/mol. The van der Waals surface area contributed by atoms with Crippen molar-refractivity contribution in [3.8, 4) is 0 Å². The lowest BCUT2D eigenvalue weighted by molar-refractivity contribution is 0.481. The fourth-order valence-corrected chi connectivity index (χ4v) is 1.61. The van der Waals surface area contributed by atoms with Crippen LogP contribution in [0.2, 0.25) is 0 Å². The smallest absolute Gasteiger partial charge is 0.214 e. The molecule has 1 rings (SSSR count). The molecule has 78 valence electrons. The van der Waals surface area contributed by atoms with E-state index in [1.165, 1.54) is 0 Å². The Hall–Kier alpha value is -1.08. The lowest BCUT2D eigenvalue weighted by atomic mass is 10.3. The summed E-state index contributed by atoms with van der Waals surface area (Å²) in [6.45, 7) is 0. The van der Waals surface area contributed by atoms with Gasteiger partial charge in [0.2, 0.25) is 10.0 Å². The molecule has 7 heteroatoms. The van der Waals surface area contributed by atoms with Crippen molar-refractivity contribution in [2.45, 2.75) is 4.90 Å². The van der Waals surface area contributed by atoms with E-state index in [4.69, 9.17) is 0 Å². The van der Waals surface area contributed by atoms with E-state index >= 15 is 0 Å². The summed E-state index contributed by atoms with van der Waals surface area (Å²) in [4.78, 5) is -0.918. The summed E-state index contributed by atoms with van der Waals surface area (Å²) < 4.78 is 61.8. The number of halogens is 3. The van der Waals surface area contributed by atoms with Gasteiger partial charge in [-0.3, -0.25) is 0 Å². The average molecular weight is 225 g/mol. The van der Waals surface area contributed by atoms with Gasteiger partial charge < -0.3 is 0 Å². The van der Waals surface area contributed by atoms with Gasteiger partial charge in [-0.2, -0.15) is 0 Å². The molecule has 3 nitrogen and oxygen atoms in total. The quantitative estimate of drug-likeness (QED) is 0.763. The molecule has 0 aromatic heterocycles. The molecular weight excluding hydrogens is 219 g/mol. The molecule has 0 amide bonds. The first-order valence-electron chi connectivity index (χ1n) is 3.46. The molecule has 0 aliphatic carbocycles. The molecule has 1 aromatic carbocycles. The molecule has 1 N–H and O–H groups in total. The zero-order valence-corrected chi connectivity index (χ0v) is 7.83. The van der Waals surface area contributed by atoms with Gasteiger partial charge in [0.1, 0.15) is 10.7 Å². The van der Waals surface area contributed by atoms with Crippen molar-refractivity contribution in [1.29, 1.82) is 0 Å². The Bertz CT molecular complexity index is 458. The second-order valence-electron chi connectivity index (χ2n) is 2.40. The average Bonchev–Trinajstić information content (AvgIpc) is 2.11. The summed E-state index contributed by atoms with van der Waals surface area (Å²) in [6, 6.07) is 0.468. The Morgan fingerprint density at radius 1 is 1.07 bits per heavy atom. The summed E-state index contributed by atoms with van der Waals surface area (Å²) in [7, 11) is -3.06. The van der Waals surface area contributed by atoms with E-state index in [0.717, 1.165) is 7.05 Å². The molecule has 0 saturated carbocycles. The number of sulfonamides is 1. The highest BCUT2D eigenvalue weighted by atomic mass is 32.2. The van der Waals surface area contributed by atoms with Crippen molar-refractivity contribution in [1.82, 2.24) is 4.72 Å². The predicted octanol–water partition coefficient (Wildman–Crippen LogP) is 1.01. The van der Waals surface area contributed by atoms with E-state index in [1.54, 1.807) is 4.72 Å². The van der Waals surface area contributed by atoms with Crippen LogP contribution in [-0.2, 0) is 10.0 Å². The summed E-state index contributed by atoms with van der Waals surface area (Å²) in [5.74, 6) is -4.18. The van der Waals surface area contributed by atoms with Crippen LogP contribution in [0.4, 0.5) is 13.2 Å². The number of benzene rings is 1. The summed E-state index contributed by atoms with van der Waals surface area (Å²) in [5, 5.41) is 0. The van der Waals surface area contributed by atoms with E-state index in [0.29, 0.717) is 0 Å². The first kappa shape index (κ1) is 11.0. The Balaban J connectivity index is 3.45. The van der Waals surface area contributed by atoms with Crippen molar-refractivity contribution in [3.63, 3.8) is 0 Å². The van der Waals surface area contributed by atoms with Gasteiger partial charge in [-0.25, -0.2) is 26.3 Å². The van der Waals surface area contributed by atoms with Crippen LogP contribution < -0.4 is 4.72 Å². The molecule has 0 heterocycles. The third-order valence-electron chi connectivity index (χ3n) is 1.53. The second-order valence-corrected chi connectivity index (χ2v) is 4.26. The van der Waals surface area contributed by atoms with E-state index < -0.39 is 32.4 Å². The third kappa shape index (κ3) is 1.88. The van der Waals surface area contributed by atoms with Crippen molar-refractivity contribution < 1.29 is 21.6 Å². The van der Waals surface area contributed by atoms with Gasteiger partial charge in [-0.05, 0) is 13.1 Å². The highest BCUT2D eigenvalue weighted by molar-refractivity contribution is 7.89. The molecule has 0 aliphatic rings. The lowest BCUT2D eigenvalue weighted by Gasteiger charge is -2.03. The van der Waals surface area contributed by atoms with Gasteiger partial charge in [-0.1, -0.05) is 0 Å². The van der Waals surface area contributed by atoms with Gasteiger partial charge in [-0.15, -0.1) is 0 Å². The molecule has 0 unspecified atom stereocenters. The SMILES string of the molecule is CNS(=O)(=O)c1cc(F)c(F)cc1F. The maximum atomic E-state index is 12.9. The van der Waals surface area contributed by atoms with Crippen LogP contribution in [0.3, 0.4) is 0 Å². The molecule has 0 fully saturated rings. The Morgan fingerprint density at radius 3 is 2.07 bits per heavy atom. The van der Waals surface area contributed by atoms with Crippen LogP contribution in [0.15, 0.2) is 17.0 Å². The number of nitrogens with one attached hydrogen (secondary N) is 1. The van der Waals surface area contributed by atoms with E-state index in [1.807, 2.05) is 0 Å². The summed E-state index contributed by atoms with van der Waals surface area (Å²) in [5.41, 5.74) is 0. The minimum absolute atomic E-state index is 0.180. The lowest BCUT2D eigenvalue weighted by Crippen LogP contribution is -2.20. The zero-order chi connectivity index (χ0) is 10.9. The van der Waals surface area contributed by atoms with Crippen molar-refractivity contribution in [3.05, 3.63) is 29.6 Å². The molecule has 0 bridgehead atoms. The van der Waals surface area contributed by atoms with Gasteiger partial charge >= 0.3 is 0 Å². The van der Waals surface area contributed by atoms with Gasteiger partial charge in [0.15, 0.2) is 11.6 Å². The van der Waals surface area contributed by atoms with Crippen molar-refractivity contribution in [2.75, 3.05) is 7.05 Å². The second kappa shape index (κ2) is 3.58. The van der Waals surface area contributed by atoms with Crippen molar-refractivity contribution >= 4 is 10.0 Å². The first-order chi connectivity index (χ1) is 6.38. The van der Waals surface area contributed by atoms with Gasteiger partial charge in [0, 0.05) is 6.07 Å². The Morgan fingerprint density at radius 2 is 1.57 bits per heavy atom. The normalized spacial score (nSPS) is 11.7. The standard InChI is InChI=1S/C7H6F3NO2S/c1-11-14(12,13)7-3-5(9)4(8)2-6(7)10/h2-3,11H,1H3. The molecule has 0 spiro atoms. The maximum absolute atomic E-state index is 12.9. The topological polar surface area (TPSA) is 46.2 Å². The Labute approximate surface area is 78.6 Å². The maximum Gasteiger partial charge on any atom is 0.243 e. The summed E-state index contributed by atoms with van der Waals surface area (Å²) >= 11 is 0. The van der Waals surface area contributed by atoms with Crippen LogP contribution in [0, 0.1) is 17.5 Å². The van der Waals surface area contributed by atoms with Gasteiger partial charge in [0.05, 0.1) is 0 Å². The van der Waals surface area contributed by atoms with E-state index in [2.05, 4.69) is 0 Å². The third-order valence-corrected chi connectivity index (χ3v) is 2.96. The van der Waals surface area contributed by atoms with Crippen LogP contribution >= 0.6 is 0 Å². The molecule has 0 saturated heterocycles. The van der Waals surface area contributed by atoms with Crippen LogP contribution in [0.1, 0.15) is 0 Å². The zero-order valence-electron chi connectivity index (χ0n) is 7.01. The molecule has 0 radical (unpaired) electrons. The minimum Gasteiger partial charge on any atom is -0.214 e. The number of hydrogen-bond acceptors (Lipinski definition) is 2. The fourth-order valence-electron chi connectivity index (χ4n) is 0.820. The van der Waals surface area contributed by atoms with Crippen LogP contribution in [0.25, 0.3) is 0 Å². The molecule has 1 aromatic rings. The van der Waals surface area contributed by atoms with E-state index in [9.17, 15) is 21.6 Å². The number of rotatable bonds is 2. The fraction of sp³-hybridized carbons (Fsp3) is 0.143. The summed E-state index contributed by atoms with van der Waals surface area (Å²) in [6.07, 6.45) is 0. The molecule has 0 atom stereocenters. The van der Waals surface area contributed by atoms with Crippen molar-refractivity contribution in [2.24, 2.45) is 0 Å². The minimum atomic E-state index is -4.10. The highest BCUT2D eigenvalue weighted by Crippen LogP contribution is 2.17. The highest BCUT2D eigenvalue weighted by Gasteiger charge is 2.20. The molecule has 0 aliphatic heterocycles. The molecule has 14 heavy (non-hydrogen) atoms. The van der Waals surface area contributed by atoms with E-state index in [-0.39, 0.29) is 12.1 Å². The van der Waals surface area contributed by atoms with Gasteiger partial charge in [0.25, 0.3) is 0 Å². The predicted molar refractivity (Wildman–Crippen MR) is 42.6 cm³/mol. The largest absolute Gasteiger partial charge is 0.243 e. The molecular formula is C7H6F3NO2S. The Kier molecular flexibility index (Phi) is 2.81. The van der Waals surface area contributed by atoms with Crippen LogP contribution in [0.5, 0.6) is 0 Å². The first-order valence-corrected chi connectivity index (χ1v) is 4.95. The number of hydrogen-bond donors (Lipinski definition) is 1.